The number of nitrogens with zero attached hydrogens (tertiary/aromatic N) is 1. The van der Waals surface area contributed by atoms with Crippen LogP contribution in [0.25, 0.3) is 0 Å². The second-order valence-corrected chi connectivity index (χ2v) is 7.21. The Balaban J connectivity index is 1.90. The van der Waals surface area contributed by atoms with Gasteiger partial charge in [0.2, 0.25) is 0 Å². The van der Waals surface area contributed by atoms with E-state index in [1.54, 1.807) is 12.1 Å². The zero-order chi connectivity index (χ0) is 14.3. The Hall–Kier alpha value is -0.610. The molecule has 20 heavy (non-hydrogen) atoms. The van der Waals surface area contributed by atoms with Gasteiger partial charge in [-0.1, -0.05) is 6.92 Å². The van der Waals surface area contributed by atoms with Crippen LogP contribution in [-0.4, -0.2) is 24.7 Å². The number of halogens is 2. The van der Waals surface area contributed by atoms with Gasteiger partial charge in [-0.05, 0) is 66.2 Å². The van der Waals surface area contributed by atoms with Crippen LogP contribution >= 0.6 is 15.9 Å². The van der Waals surface area contributed by atoms with Crippen molar-refractivity contribution >= 4 is 21.6 Å². The highest BCUT2D eigenvalue weighted by molar-refractivity contribution is 9.10. The summed E-state index contributed by atoms with van der Waals surface area (Å²) in [4.78, 5) is 2.46. The first-order chi connectivity index (χ1) is 9.53. The molecule has 110 valence electrons. The van der Waals surface area contributed by atoms with Crippen molar-refractivity contribution in [1.82, 2.24) is 5.32 Å². The van der Waals surface area contributed by atoms with Crippen LogP contribution in [-0.2, 0) is 0 Å². The molecule has 1 heterocycles. The van der Waals surface area contributed by atoms with Gasteiger partial charge in [0.1, 0.15) is 5.82 Å². The van der Waals surface area contributed by atoms with Crippen LogP contribution in [0.3, 0.4) is 0 Å². The summed E-state index contributed by atoms with van der Waals surface area (Å²) >= 11 is 3.53. The molecule has 2 atom stereocenters. The fourth-order valence-corrected chi connectivity index (χ4v) is 3.93. The minimum Gasteiger partial charge on any atom is -0.365 e. The van der Waals surface area contributed by atoms with E-state index < -0.39 is 0 Å². The fraction of sp³-hybridized carbons (Fsp3) is 0.625. The standard InChI is InChI=1S/C16H22BrFN2/c1-3-13-9-19-16(2,11-4-5-11)10-20(13)15-7-6-12(18)8-14(15)17/h6-8,11,13,19H,3-5,9-10H2,1-2H3. The molecule has 1 aliphatic heterocycles. The molecule has 1 aliphatic carbocycles. The highest BCUT2D eigenvalue weighted by Gasteiger charge is 2.46. The van der Waals surface area contributed by atoms with Gasteiger partial charge < -0.3 is 10.2 Å². The van der Waals surface area contributed by atoms with Crippen molar-refractivity contribution in [2.24, 2.45) is 5.92 Å². The summed E-state index contributed by atoms with van der Waals surface area (Å²) in [6, 6.07) is 5.51. The van der Waals surface area contributed by atoms with E-state index in [2.05, 4.69) is 40.0 Å². The summed E-state index contributed by atoms with van der Waals surface area (Å²) in [7, 11) is 0. The molecule has 2 unspecified atom stereocenters. The van der Waals surface area contributed by atoms with Crippen molar-refractivity contribution in [3.8, 4) is 0 Å². The van der Waals surface area contributed by atoms with Crippen LogP contribution in [0.2, 0.25) is 0 Å². The number of nitrogens with one attached hydrogen (secondary N) is 1. The van der Waals surface area contributed by atoms with Crippen LogP contribution in [0.4, 0.5) is 10.1 Å². The molecule has 0 radical (unpaired) electrons. The largest absolute Gasteiger partial charge is 0.365 e. The van der Waals surface area contributed by atoms with Crippen LogP contribution < -0.4 is 10.2 Å². The third kappa shape index (κ3) is 2.60. The Bertz CT molecular complexity index is 503. The van der Waals surface area contributed by atoms with Gasteiger partial charge in [0.05, 0.1) is 5.69 Å². The van der Waals surface area contributed by atoms with Gasteiger partial charge in [0.15, 0.2) is 0 Å². The molecule has 1 saturated heterocycles. The van der Waals surface area contributed by atoms with E-state index in [1.165, 1.54) is 12.8 Å². The third-order valence-electron chi connectivity index (χ3n) is 4.85. The van der Waals surface area contributed by atoms with Crippen molar-refractivity contribution in [3.63, 3.8) is 0 Å². The summed E-state index contributed by atoms with van der Waals surface area (Å²) in [6.45, 7) is 6.56. The lowest BCUT2D eigenvalue weighted by molar-refractivity contribution is 0.252. The molecule has 2 fully saturated rings. The van der Waals surface area contributed by atoms with Gasteiger partial charge in [0, 0.05) is 29.1 Å². The molecule has 1 saturated carbocycles. The van der Waals surface area contributed by atoms with E-state index in [0.717, 1.165) is 35.6 Å². The average Bonchev–Trinajstić information content (AvgIpc) is 3.23. The fourth-order valence-electron chi connectivity index (χ4n) is 3.35. The van der Waals surface area contributed by atoms with Gasteiger partial charge in [-0.3, -0.25) is 0 Å². The van der Waals surface area contributed by atoms with Crippen LogP contribution in [0.15, 0.2) is 22.7 Å². The van der Waals surface area contributed by atoms with E-state index in [9.17, 15) is 4.39 Å². The summed E-state index contributed by atoms with van der Waals surface area (Å²) < 4.78 is 14.2. The van der Waals surface area contributed by atoms with Gasteiger partial charge in [-0.15, -0.1) is 0 Å². The number of rotatable bonds is 3. The molecule has 3 rings (SSSR count). The molecule has 0 bridgehead atoms. The summed E-state index contributed by atoms with van der Waals surface area (Å²) in [5.41, 5.74) is 1.31. The second kappa shape index (κ2) is 5.30. The highest BCUT2D eigenvalue weighted by Crippen LogP contribution is 2.43. The quantitative estimate of drug-likeness (QED) is 0.896. The van der Waals surface area contributed by atoms with Crippen molar-refractivity contribution < 1.29 is 4.39 Å². The Labute approximate surface area is 128 Å². The Morgan fingerprint density at radius 3 is 2.80 bits per heavy atom. The molecule has 1 aromatic carbocycles. The normalized spacial score (nSPS) is 30.6. The lowest BCUT2D eigenvalue weighted by Gasteiger charge is -2.48. The minimum absolute atomic E-state index is 0.186. The lowest BCUT2D eigenvalue weighted by Crippen LogP contribution is -2.64. The number of hydrogen-bond acceptors (Lipinski definition) is 2. The first-order valence-corrected chi connectivity index (χ1v) is 8.29. The predicted octanol–water partition coefficient (Wildman–Crippen LogP) is 3.95. The molecule has 1 N–H and O–H groups in total. The second-order valence-electron chi connectivity index (χ2n) is 6.36. The van der Waals surface area contributed by atoms with Crippen LogP contribution in [0, 0.1) is 11.7 Å². The van der Waals surface area contributed by atoms with Gasteiger partial charge >= 0.3 is 0 Å². The summed E-state index contributed by atoms with van der Waals surface area (Å²) in [5, 5.41) is 3.76. The molecule has 0 aromatic heterocycles. The summed E-state index contributed by atoms with van der Waals surface area (Å²) in [5.74, 6) is 0.607. The first-order valence-electron chi connectivity index (χ1n) is 7.50. The van der Waals surface area contributed by atoms with Crippen molar-refractivity contribution in [2.45, 2.75) is 44.7 Å². The molecule has 0 amide bonds. The van der Waals surface area contributed by atoms with Gasteiger partial charge in [-0.25, -0.2) is 4.39 Å². The zero-order valence-corrected chi connectivity index (χ0v) is 13.7. The molecule has 0 spiro atoms. The molecular formula is C16H22BrFN2. The number of benzene rings is 1. The van der Waals surface area contributed by atoms with E-state index in [1.807, 2.05) is 6.07 Å². The predicted molar refractivity (Wildman–Crippen MR) is 84.7 cm³/mol. The maximum absolute atomic E-state index is 13.3. The maximum Gasteiger partial charge on any atom is 0.124 e. The van der Waals surface area contributed by atoms with Crippen LogP contribution in [0.5, 0.6) is 0 Å². The van der Waals surface area contributed by atoms with Gasteiger partial charge in [-0.2, -0.15) is 0 Å². The monoisotopic (exact) mass is 340 g/mol. The number of anilines is 1. The lowest BCUT2D eigenvalue weighted by atomic mass is 9.90. The van der Waals surface area contributed by atoms with E-state index in [-0.39, 0.29) is 11.4 Å². The third-order valence-corrected chi connectivity index (χ3v) is 5.49. The topological polar surface area (TPSA) is 15.3 Å². The Morgan fingerprint density at radius 2 is 2.20 bits per heavy atom. The molecule has 2 nitrogen and oxygen atoms in total. The maximum atomic E-state index is 13.3. The zero-order valence-electron chi connectivity index (χ0n) is 12.1. The summed E-state index contributed by atoms with van der Waals surface area (Å²) in [6.07, 6.45) is 3.76. The first kappa shape index (κ1) is 14.3. The minimum atomic E-state index is -0.186. The molecule has 2 aliphatic rings. The Morgan fingerprint density at radius 1 is 1.45 bits per heavy atom. The highest BCUT2D eigenvalue weighted by atomic mass is 79.9. The van der Waals surface area contributed by atoms with Gasteiger partial charge in [0.25, 0.3) is 0 Å². The molecule has 4 heteroatoms. The average molecular weight is 341 g/mol. The van der Waals surface area contributed by atoms with Crippen molar-refractivity contribution in [3.05, 3.63) is 28.5 Å². The van der Waals surface area contributed by atoms with Crippen molar-refractivity contribution in [2.75, 3.05) is 18.0 Å². The smallest absolute Gasteiger partial charge is 0.124 e. The van der Waals surface area contributed by atoms with E-state index >= 15 is 0 Å². The van der Waals surface area contributed by atoms with Crippen LogP contribution in [0.1, 0.15) is 33.1 Å². The SMILES string of the molecule is CCC1CNC(C)(C2CC2)CN1c1ccc(F)cc1Br. The van der Waals surface area contributed by atoms with E-state index in [4.69, 9.17) is 0 Å². The van der Waals surface area contributed by atoms with E-state index in [0.29, 0.717) is 6.04 Å². The number of hydrogen-bond donors (Lipinski definition) is 1. The molecule has 1 aromatic rings. The number of piperazine rings is 1. The Kier molecular flexibility index (Phi) is 3.80. The molecular weight excluding hydrogens is 319 g/mol. The van der Waals surface area contributed by atoms with Crippen molar-refractivity contribution in [1.29, 1.82) is 0 Å².